The number of anilines is 2. The number of nitrogens with zero attached hydrogens (tertiary/aromatic N) is 2. The summed E-state index contributed by atoms with van der Waals surface area (Å²) in [6.07, 6.45) is 0. The molecule has 1 aromatic heterocycles. The van der Waals surface area contributed by atoms with Crippen LogP contribution >= 0.6 is 0 Å². The minimum atomic E-state index is -1.65. The van der Waals surface area contributed by atoms with E-state index in [9.17, 15) is 18.0 Å². The minimum absolute atomic E-state index is 0.279. The van der Waals surface area contributed by atoms with Crippen LogP contribution in [0.15, 0.2) is 48.5 Å². The lowest BCUT2D eigenvalue weighted by atomic mass is 9.92. The van der Waals surface area contributed by atoms with Gasteiger partial charge in [0.15, 0.2) is 17.5 Å². The SMILES string of the molecule is CC(C)(C)c1cc(NC(=O)Nc2ccc(F)c(F)c2F)n(-c2ccccc2)n1. The van der Waals surface area contributed by atoms with Crippen LogP contribution in [0.4, 0.5) is 29.5 Å². The predicted octanol–water partition coefficient (Wildman–Crippen LogP) is 5.23. The van der Waals surface area contributed by atoms with E-state index in [1.165, 1.54) is 0 Å². The van der Waals surface area contributed by atoms with Crippen molar-refractivity contribution in [3.05, 3.63) is 71.7 Å². The molecule has 2 N–H and O–H groups in total. The quantitative estimate of drug-likeness (QED) is 0.604. The fourth-order valence-corrected chi connectivity index (χ4v) is 2.49. The molecular weight excluding hydrogens is 369 g/mol. The number of carbonyl (C=O) groups is 1. The topological polar surface area (TPSA) is 59.0 Å². The summed E-state index contributed by atoms with van der Waals surface area (Å²) in [6.45, 7) is 5.93. The van der Waals surface area contributed by atoms with Crippen molar-refractivity contribution in [3.63, 3.8) is 0 Å². The molecule has 0 atom stereocenters. The smallest absolute Gasteiger partial charge is 0.305 e. The average molecular weight is 388 g/mol. The Kier molecular flexibility index (Phi) is 5.13. The third-order valence-corrected chi connectivity index (χ3v) is 4.00. The van der Waals surface area contributed by atoms with Crippen molar-refractivity contribution < 1.29 is 18.0 Å². The summed E-state index contributed by atoms with van der Waals surface area (Å²) in [5.41, 5.74) is 0.690. The second-order valence-corrected chi connectivity index (χ2v) is 7.21. The normalized spacial score (nSPS) is 11.4. The average Bonchev–Trinajstić information content (AvgIpc) is 3.07. The molecule has 0 aliphatic rings. The molecule has 5 nitrogen and oxygen atoms in total. The Labute approximate surface area is 160 Å². The van der Waals surface area contributed by atoms with Crippen LogP contribution < -0.4 is 10.6 Å². The van der Waals surface area contributed by atoms with Crippen molar-refractivity contribution >= 4 is 17.5 Å². The number of benzene rings is 2. The van der Waals surface area contributed by atoms with Crippen molar-refractivity contribution in [2.45, 2.75) is 26.2 Å². The predicted molar refractivity (Wildman–Crippen MR) is 101 cm³/mol. The number of nitrogens with one attached hydrogen (secondary N) is 2. The minimum Gasteiger partial charge on any atom is -0.305 e. The first kappa shape index (κ1) is 19.5. The zero-order valence-corrected chi connectivity index (χ0v) is 15.6. The third kappa shape index (κ3) is 4.00. The third-order valence-electron chi connectivity index (χ3n) is 4.00. The zero-order chi connectivity index (χ0) is 20.5. The van der Waals surface area contributed by atoms with E-state index in [1.807, 2.05) is 51.1 Å². The second-order valence-electron chi connectivity index (χ2n) is 7.21. The lowest BCUT2D eigenvalue weighted by Crippen LogP contribution is -2.22. The molecule has 8 heteroatoms. The van der Waals surface area contributed by atoms with Crippen LogP contribution in [0.5, 0.6) is 0 Å². The van der Waals surface area contributed by atoms with Gasteiger partial charge in [0.05, 0.1) is 17.1 Å². The molecule has 28 heavy (non-hydrogen) atoms. The van der Waals surface area contributed by atoms with Gasteiger partial charge >= 0.3 is 6.03 Å². The molecule has 0 saturated carbocycles. The highest BCUT2D eigenvalue weighted by molar-refractivity contribution is 5.99. The zero-order valence-electron chi connectivity index (χ0n) is 15.6. The van der Waals surface area contributed by atoms with Crippen LogP contribution in [0.2, 0.25) is 0 Å². The summed E-state index contributed by atoms with van der Waals surface area (Å²) in [4.78, 5) is 12.3. The molecule has 3 aromatic rings. The van der Waals surface area contributed by atoms with Crippen molar-refractivity contribution in [2.75, 3.05) is 10.6 Å². The summed E-state index contributed by atoms with van der Waals surface area (Å²) >= 11 is 0. The van der Waals surface area contributed by atoms with E-state index < -0.39 is 29.2 Å². The number of halogens is 3. The first-order valence-corrected chi connectivity index (χ1v) is 8.54. The monoisotopic (exact) mass is 388 g/mol. The van der Waals surface area contributed by atoms with Crippen LogP contribution in [-0.4, -0.2) is 15.8 Å². The molecule has 0 aliphatic carbocycles. The van der Waals surface area contributed by atoms with E-state index >= 15 is 0 Å². The molecule has 0 spiro atoms. The van der Waals surface area contributed by atoms with Crippen molar-refractivity contribution in [1.82, 2.24) is 9.78 Å². The Bertz CT molecular complexity index is 1010. The van der Waals surface area contributed by atoms with Gasteiger partial charge in [0, 0.05) is 11.5 Å². The molecular formula is C20H19F3N4O. The van der Waals surface area contributed by atoms with Gasteiger partial charge < -0.3 is 5.32 Å². The molecule has 0 bridgehead atoms. The van der Waals surface area contributed by atoms with E-state index in [2.05, 4.69) is 15.7 Å². The Balaban J connectivity index is 1.90. The van der Waals surface area contributed by atoms with Crippen molar-refractivity contribution in [3.8, 4) is 5.69 Å². The summed E-state index contributed by atoms with van der Waals surface area (Å²) in [5.74, 6) is -4.11. The van der Waals surface area contributed by atoms with Gasteiger partial charge in [0.1, 0.15) is 5.82 Å². The largest absolute Gasteiger partial charge is 0.324 e. The molecule has 3 rings (SSSR count). The van der Waals surface area contributed by atoms with E-state index in [0.29, 0.717) is 11.5 Å². The van der Waals surface area contributed by atoms with Crippen LogP contribution in [0.1, 0.15) is 26.5 Å². The fraction of sp³-hybridized carbons (Fsp3) is 0.200. The number of carbonyl (C=O) groups excluding carboxylic acids is 1. The molecule has 146 valence electrons. The maximum absolute atomic E-state index is 13.8. The number of para-hydroxylation sites is 1. The first-order chi connectivity index (χ1) is 13.2. The molecule has 0 radical (unpaired) electrons. The number of hydrogen-bond donors (Lipinski definition) is 2. The van der Waals surface area contributed by atoms with Gasteiger partial charge in [-0.15, -0.1) is 0 Å². The van der Waals surface area contributed by atoms with Gasteiger partial charge in [-0.2, -0.15) is 5.10 Å². The highest BCUT2D eigenvalue weighted by atomic mass is 19.2. The Morgan fingerprint density at radius 2 is 1.64 bits per heavy atom. The Morgan fingerprint density at radius 3 is 2.29 bits per heavy atom. The summed E-state index contributed by atoms with van der Waals surface area (Å²) < 4.78 is 41.7. The second kappa shape index (κ2) is 7.38. The van der Waals surface area contributed by atoms with Gasteiger partial charge in [0.2, 0.25) is 0 Å². The van der Waals surface area contributed by atoms with Crippen LogP contribution in [0.3, 0.4) is 0 Å². The molecule has 2 aromatic carbocycles. The first-order valence-electron chi connectivity index (χ1n) is 8.54. The maximum Gasteiger partial charge on any atom is 0.324 e. The molecule has 0 saturated heterocycles. The van der Waals surface area contributed by atoms with E-state index in [0.717, 1.165) is 17.8 Å². The summed E-state index contributed by atoms with van der Waals surface area (Å²) in [6, 6.07) is 11.7. The van der Waals surface area contributed by atoms with E-state index in [1.54, 1.807) is 10.7 Å². The Hall–Kier alpha value is -3.29. The standard InChI is InChI=1S/C20H19F3N4O/c1-20(2,3)15-11-16(27(26-15)12-7-5-4-6-8-12)25-19(28)24-14-10-9-13(21)17(22)18(14)23/h4-11H,1-3H3,(H2,24,25,28). The number of amides is 2. The molecule has 2 amide bonds. The Morgan fingerprint density at radius 1 is 0.964 bits per heavy atom. The number of aromatic nitrogens is 2. The van der Waals surface area contributed by atoms with E-state index in [-0.39, 0.29) is 5.41 Å². The molecule has 1 heterocycles. The lowest BCUT2D eigenvalue weighted by molar-refractivity contribution is 0.262. The summed E-state index contributed by atoms with van der Waals surface area (Å²) in [5, 5.41) is 9.31. The molecule has 0 unspecified atom stereocenters. The van der Waals surface area contributed by atoms with Gasteiger partial charge in [-0.25, -0.2) is 22.6 Å². The van der Waals surface area contributed by atoms with Crippen molar-refractivity contribution in [1.29, 1.82) is 0 Å². The lowest BCUT2D eigenvalue weighted by Gasteiger charge is -2.14. The number of rotatable bonds is 3. The van der Waals surface area contributed by atoms with E-state index in [4.69, 9.17) is 0 Å². The highest BCUT2D eigenvalue weighted by Gasteiger charge is 2.22. The van der Waals surface area contributed by atoms with Crippen LogP contribution in [0.25, 0.3) is 5.69 Å². The van der Waals surface area contributed by atoms with Gasteiger partial charge in [-0.05, 0) is 24.3 Å². The van der Waals surface area contributed by atoms with Gasteiger partial charge in [-0.3, -0.25) is 5.32 Å². The van der Waals surface area contributed by atoms with Crippen LogP contribution in [-0.2, 0) is 5.41 Å². The number of hydrogen-bond acceptors (Lipinski definition) is 2. The number of urea groups is 1. The molecule has 0 fully saturated rings. The summed E-state index contributed by atoms with van der Waals surface area (Å²) in [7, 11) is 0. The van der Waals surface area contributed by atoms with Gasteiger partial charge in [0.25, 0.3) is 0 Å². The highest BCUT2D eigenvalue weighted by Crippen LogP contribution is 2.26. The maximum atomic E-state index is 13.8. The van der Waals surface area contributed by atoms with Crippen molar-refractivity contribution in [2.24, 2.45) is 0 Å². The van der Waals surface area contributed by atoms with Gasteiger partial charge in [-0.1, -0.05) is 39.0 Å². The van der Waals surface area contributed by atoms with Crippen LogP contribution in [0, 0.1) is 17.5 Å². The molecule has 0 aliphatic heterocycles. The fourth-order valence-electron chi connectivity index (χ4n) is 2.49.